The van der Waals surface area contributed by atoms with Crippen molar-refractivity contribution in [2.24, 2.45) is 0 Å². The van der Waals surface area contributed by atoms with E-state index in [4.69, 9.17) is 9.26 Å². The number of rotatable bonds is 10. The first-order valence-corrected chi connectivity index (χ1v) is 12.4. The lowest BCUT2D eigenvalue weighted by Gasteiger charge is -2.37. The lowest BCUT2D eigenvalue weighted by atomic mass is 10.0. The number of carbonyl (C=O) groups is 1. The molecule has 4 rings (SSSR count). The van der Waals surface area contributed by atoms with Gasteiger partial charge in [0.05, 0.1) is 25.7 Å². The van der Waals surface area contributed by atoms with Crippen LogP contribution >= 0.6 is 0 Å². The predicted molar refractivity (Wildman–Crippen MR) is 135 cm³/mol. The van der Waals surface area contributed by atoms with Gasteiger partial charge in [0.2, 0.25) is 17.6 Å². The quantitative estimate of drug-likeness (QED) is 0.474. The van der Waals surface area contributed by atoms with E-state index in [2.05, 4.69) is 44.3 Å². The van der Waals surface area contributed by atoms with E-state index >= 15 is 0 Å². The average molecular weight is 478 g/mol. The summed E-state index contributed by atoms with van der Waals surface area (Å²) in [5.41, 5.74) is 2.05. The number of nitrogens with zero attached hydrogens (tertiary/aromatic N) is 4. The molecule has 1 fully saturated rings. The zero-order valence-electron chi connectivity index (χ0n) is 20.8. The summed E-state index contributed by atoms with van der Waals surface area (Å²) in [6.07, 6.45) is 1.95. The molecule has 2 aromatic carbocycles. The first-order valence-electron chi connectivity index (χ1n) is 12.4. The van der Waals surface area contributed by atoms with Crippen LogP contribution in [0.3, 0.4) is 0 Å². The Hall–Kier alpha value is -3.23. The molecule has 2 unspecified atom stereocenters. The van der Waals surface area contributed by atoms with Crippen LogP contribution in [-0.4, -0.2) is 65.2 Å². The summed E-state index contributed by atoms with van der Waals surface area (Å²) in [6, 6.07) is 17.7. The van der Waals surface area contributed by atoms with Crippen molar-refractivity contribution < 1.29 is 14.1 Å². The van der Waals surface area contributed by atoms with Crippen LogP contribution < -0.4 is 10.1 Å². The van der Waals surface area contributed by atoms with Crippen molar-refractivity contribution in [2.75, 3.05) is 33.3 Å². The number of piperazine rings is 1. The van der Waals surface area contributed by atoms with Crippen LogP contribution in [0.1, 0.15) is 44.2 Å². The summed E-state index contributed by atoms with van der Waals surface area (Å²) in [5.74, 6) is 2.05. The number of aromatic nitrogens is 2. The Morgan fingerprint density at radius 1 is 1.09 bits per heavy atom. The van der Waals surface area contributed by atoms with Crippen molar-refractivity contribution in [2.45, 2.75) is 45.3 Å². The zero-order chi connectivity index (χ0) is 24.6. The van der Waals surface area contributed by atoms with E-state index in [1.54, 1.807) is 7.11 Å². The Bertz CT molecular complexity index is 1060. The average Bonchev–Trinajstić information content (AvgIpc) is 3.37. The van der Waals surface area contributed by atoms with E-state index in [0.717, 1.165) is 55.9 Å². The molecule has 0 saturated carbocycles. The number of benzene rings is 2. The molecule has 35 heavy (non-hydrogen) atoms. The van der Waals surface area contributed by atoms with Crippen LogP contribution in [0, 0.1) is 0 Å². The molecule has 2 heterocycles. The molecule has 0 radical (unpaired) electrons. The van der Waals surface area contributed by atoms with Gasteiger partial charge in [-0.15, -0.1) is 0 Å². The minimum absolute atomic E-state index is 0.0508. The molecular formula is C27H35N5O3. The van der Waals surface area contributed by atoms with Crippen molar-refractivity contribution in [3.8, 4) is 17.1 Å². The van der Waals surface area contributed by atoms with Gasteiger partial charge in [-0.3, -0.25) is 14.6 Å². The number of hydrogen-bond acceptors (Lipinski definition) is 7. The third-order valence-corrected chi connectivity index (χ3v) is 6.61. The van der Waals surface area contributed by atoms with Crippen molar-refractivity contribution in [3.63, 3.8) is 0 Å². The molecule has 1 N–H and O–H groups in total. The molecule has 1 aliphatic heterocycles. The maximum Gasteiger partial charge on any atom is 0.241 e. The monoisotopic (exact) mass is 477 g/mol. The highest BCUT2D eigenvalue weighted by Crippen LogP contribution is 2.21. The predicted octanol–water partition coefficient (Wildman–Crippen LogP) is 3.91. The first kappa shape index (κ1) is 24.9. The summed E-state index contributed by atoms with van der Waals surface area (Å²) in [5, 5.41) is 7.40. The topological polar surface area (TPSA) is 83.7 Å². The Kier molecular flexibility index (Phi) is 8.50. The largest absolute Gasteiger partial charge is 0.497 e. The van der Waals surface area contributed by atoms with Crippen LogP contribution in [0.15, 0.2) is 59.1 Å². The van der Waals surface area contributed by atoms with Crippen LogP contribution in [0.4, 0.5) is 0 Å². The molecule has 0 spiro atoms. The van der Waals surface area contributed by atoms with E-state index in [0.29, 0.717) is 18.3 Å². The summed E-state index contributed by atoms with van der Waals surface area (Å²) >= 11 is 0. The van der Waals surface area contributed by atoms with E-state index in [1.165, 1.54) is 0 Å². The van der Waals surface area contributed by atoms with Crippen molar-refractivity contribution in [1.82, 2.24) is 25.3 Å². The molecule has 186 valence electrons. The lowest BCUT2D eigenvalue weighted by molar-refractivity contribution is -0.127. The number of ether oxygens (including phenoxy) is 1. The molecule has 0 aliphatic carbocycles. The molecule has 1 aliphatic rings. The molecule has 1 aromatic heterocycles. The van der Waals surface area contributed by atoms with Gasteiger partial charge >= 0.3 is 0 Å². The Balaban J connectivity index is 1.27. The molecule has 1 amide bonds. The minimum Gasteiger partial charge on any atom is -0.497 e. The Morgan fingerprint density at radius 2 is 1.80 bits per heavy atom. The van der Waals surface area contributed by atoms with E-state index in [9.17, 15) is 4.79 Å². The molecule has 3 aromatic rings. The number of nitrogens with one attached hydrogen (secondary N) is 1. The number of carbonyl (C=O) groups excluding carboxylic acids is 1. The number of amides is 1. The van der Waals surface area contributed by atoms with E-state index in [-0.39, 0.29) is 18.0 Å². The summed E-state index contributed by atoms with van der Waals surface area (Å²) < 4.78 is 10.7. The van der Waals surface area contributed by atoms with Crippen LogP contribution in [0.5, 0.6) is 5.75 Å². The second-order valence-electron chi connectivity index (χ2n) is 8.99. The summed E-state index contributed by atoms with van der Waals surface area (Å²) in [6.45, 7) is 8.07. The number of methoxy groups -OCH3 is 1. The van der Waals surface area contributed by atoms with Gasteiger partial charge in [0.25, 0.3) is 0 Å². The fraction of sp³-hybridized carbons (Fsp3) is 0.444. The third-order valence-electron chi connectivity index (χ3n) is 6.61. The second-order valence-corrected chi connectivity index (χ2v) is 8.99. The maximum absolute atomic E-state index is 13.0. The Labute approximate surface area is 207 Å². The molecule has 2 atom stereocenters. The van der Waals surface area contributed by atoms with E-state index < -0.39 is 0 Å². The number of hydrogen-bond donors (Lipinski definition) is 1. The normalized spacial score (nSPS) is 16.5. The molecule has 8 heteroatoms. The van der Waals surface area contributed by atoms with Crippen molar-refractivity contribution in [1.29, 1.82) is 0 Å². The van der Waals surface area contributed by atoms with Crippen molar-refractivity contribution >= 4 is 5.91 Å². The summed E-state index contributed by atoms with van der Waals surface area (Å²) in [4.78, 5) is 22.1. The minimum atomic E-state index is -0.176. The van der Waals surface area contributed by atoms with Gasteiger partial charge in [0.15, 0.2) is 0 Å². The maximum atomic E-state index is 13.0. The molecule has 8 nitrogen and oxygen atoms in total. The van der Waals surface area contributed by atoms with Gasteiger partial charge in [-0.2, -0.15) is 4.98 Å². The standard InChI is InChI=1S/C27H35N5O3/c1-4-8-24(21-9-6-5-7-10-21)28-27(33)20(2)32-17-15-31(16-18-32)19-25-29-26(30-35-25)22-11-13-23(34-3)14-12-22/h5-7,9-14,20,24H,4,8,15-19H2,1-3H3,(H,28,33). The molecule has 0 bridgehead atoms. The highest BCUT2D eigenvalue weighted by atomic mass is 16.5. The Morgan fingerprint density at radius 3 is 2.46 bits per heavy atom. The summed E-state index contributed by atoms with van der Waals surface area (Å²) in [7, 11) is 1.64. The highest BCUT2D eigenvalue weighted by Gasteiger charge is 2.27. The van der Waals surface area contributed by atoms with Crippen LogP contribution in [0.25, 0.3) is 11.4 Å². The van der Waals surface area contributed by atoms with Gasteiger partial charge in [0.1, 0.15) is 5.75 Å². The zero-order valence-corrected chi connectivity index (χ0v) is 20.8. The van der Waals surface area contributed by atoms with Gasteiger partial charge in [0, 0.05) is 31.7 Å². The second kappa shape index (κ2) is 12.0. The van der Waals surface area contributed by atoms with Crippen molar-refractivity contribution in [3.05, 3.63) is 66.1 Å². The third kappa shape index (κ3) is 6.46. The van der Waals surface area contributed by atoms with Gasteiger partial charge in [-0.1, -0.05) is 48.8 Å². The lowest BCUT2D eigenvalue weighted by Crippen LogP contribution is -2.54. The molecular weight excluding hydrogens is 442 g/mol. The fourth-order valence-corrected chi connectivity index (χ4v) is 4.43. The SMILES string of the molecule is CCCC(NC(=O)C(C)N1CCN(Cc2nc(-c3ccc(OC)cc3)no2)CC1)c1ccccc1. The highest BCUT2D eigenvalue weighted by molar-refractivity contribution is 5.81. The first-order chi connectivity index (χ1) is 17.1. The van der Waals surface area contributed by atoms with Gasteiger partial charge < -0.3 is 14.6 Å². The van der Waals surface area contributed by atoms with Gasteiger partial charge in [-0.25, -0.2) is 0 Å². The van der Waals surface area contributed by atoms with E-state index in [1.807, 2.05) is 49.4 Å². The van der Waals surface area contributed by atoms with Crippen LogP contribution in [-0.2, 0) is 11.3 Å². The smallest absolute Gasteiger partial charge is 0.241 e. The molecule has 1 saturated heterocycles. The van der Waals surface area contributed by atoms with Gasteiger partial charge in [-0.05, 0) is 43.2 Å². The fourth-order valence-electron chi connectivity index (χ4n) is 4.43. The van der Waals surface area contributed by atoms with Crippen LogP contribution in [0.2, 0.25) is 0 Å².